The predicted octanol–water partition coefficient (Wildman–Crippen LogP) is 4.23. The van der Waals surface area contributed by atoms with Gasteiger partial charge in [-0.1, -0.05) is 41.7 Å². The molecule has 0 bridgehead atoms. The van der Waals surface area contributed by atoms with E-state index in [4.69, 9.17) is 0 Å². The molecule has 3 heterocycles. The number of aromatic nitrogens is 3. The molecule has 5 rings (SSSR count). The first-order valence-electron chi connectivity index (χ1n) is 9.32. The van der Waals surface area contributed by atoms with E-state index in [1.807, 2.05) is 12.1 Å². The van der Waals surface area contributed by atoms with Crippen molar-refractivity contribution in [2.24, 2.45) is 0 Å². The lowest BCUT2D eigenvalue weighted by molar-refractivity contribution is 0.205. The number of hydrogen-bond acceptors (Lipinski definition) is 5. The number of nitrogens with zero attached hydrogens (tertiary/aromatic N) is 4. The predicted molar refractivity (Wildman–Crippen MR) is 106 cm³/mol. The van der Waals surface area contributed by atoms with Crippen molar-refractivity contribution in [3.63, 3.8) is 0 Å². The molecule has 8 heteroatoms. The minimum absolute atomic E-state index is 0.0146. The van der Waals surface area contributed by atoms with Gasteiger partial charge in [0.1, 0.15) is 5.82 Å². The van der Waals surface area contributed by atoms with E-state index in [1.54, 1.807) is 13.0 Å². The topological polar surface area (TPSA) is 53.7 Å². The van der Waals surface area contributed by atoms with E-state index in [2.05, 4.69) is 27.1 Å². The zero-order chi connectivity index (χ0) is 20.1. The summed E-state index contributed by atoms with van der Waals surface area (Å²) in [6, 6.07) is 11.7. The summed E-state index contributed by atoms with van der Waals surface area (Å²) in [5.74, 6) is -1.24. The van der Waals surface area contributed by atoms with Gasteiger partial charge < -0.3 is 5.11 Å². The van der Waals surface area contributed by atoms with Crippen LogP contribution in [0.3, 0.4) is 0 Å². The lowest BCUT2D eigenvalue weighted by Gasteiger charge is -2.35. The van der Waals surface area contributed by atoms with Crippen LogP contribution >= 0.6 is 11.3 Å². The van der Waals surface area contributed by atoms with Gasteiger partial charge in [0.05, 0.1) is 10.9 Å². The molecule has 148 valence electrons. The molecule has 2 aromatic carbocycles. The number of rotatable bonds is 3. The van der Waals surface area contributed by atoms with Crippen molar-refractivity contribution in [1.82, 2.24) is 19.5 Å². The van der Waals surface area contributed by atoms with Crippen molar-refractivity contribution >= 4 is 16.3 Å². The summed E-state index contributed by atoms with van der Waals surface area (Å²) < 4.78 is 29.1. The third-order valence-electron chi connectivity index (χ3n) is 5.34. The van der Waals surface area contributed by atoms with Gasteiger partial charge in [-0.3, -0.25) is 4.90 Å². The van der Waals surface area contributed by atoms with Crippen molar-refractivity contribution in [1.29, 1.82) is 0 Å². The molecule has 0 radical (unpaired) electrons. The second-order valence-electron chi connectivity index (χ2n) is 7.21. The number of fused-ring (bicyclic) bond motifs is 2. The fourth-order valence-electron chi connectivity index (χ4n) is 3.97. The molecule has 2 aromatic heterocycles. The normalized spacial score (nSPS) is 15.6. The van der Waals surface area contributed by atoms with E-state index in [-0.39, 0.29) is 5.88 Å². The number of thiazole rings is 1. The Hall–Kier alpha value is -2.84. The summed E-state index contributed by atoms with van der Waals surface area (Å²) in [6.07, 6.45) is 0.844. The second kappa shape index (κ2) is 6.89. The van der Waals surface area contributed by atoms with Crippen LogP contribution in [0.25, 0.3) is 4.96 Å². The van der Waals surface area contributed by atoms with E-state index >= 15 is 0 Å². The average Bonchev–Trinajstić information content (AvgIpc) is 3.22. The average molecular weight is 412 g/mol. The molecule has 0 saturated heterocycles. The van der Waals surface area contributed by atoms with E-state index in [0.29, 0.717) is 27.8 Å². The third kappa shape index (κ3) is 3.08. The summed E-state index contributed by atoms with van der Waals surface area (Å²) >= 11 is 1.31. The number of benzene rings is 2. The maximum Gasteiger partial charge on any atom is 0.230 e. The molecule has 1 aliphatic heterocycles. The first-order valence-corrected chi connectivity index (χ1v) is 10.1. The number of hydrogen-bond donors (Lipinski definition) is 1. The van der Waals surface area contributed by atoms with Gasteiger partial charge in [-0.05, 0) is 42.2 Å². The van der Waals surface area contributed by atoms with Crippen LogP contribution in [-0.2, 0) is 13.0 Å². The molecular weight excluding hydrogens is 394 g/mol. The fourth-order valence-corrected chi connectivity index (χ4v) is 5.14. The van der Waals surface area contributed by atoms with Crippen LogP contribution in [-0.4, -0.2) is 31.1 Å². The molecule has 0 aliphatic carbocycles. The molecule has 1 unspecified atom stereocenters. The van der Waals surface area contributed by atoms with Gasteiger partial charge in [0, 0.05) is 13.1 Å². The third-order valence-corrected chi connectivity index (χ3v) is 6.41. The summed E-state index contributed by atoms with van der Waals surface area (Å²) in [6.45, 7) is 3.13. The van der Waals surface area contributed by atoms with Crippen molar-refractivity contribution in [3.05, 3.63) is 81.5 Å². The van der Waals surface area contributed by atoms with Gasteiger partial charge in [0.25, 0.3) is 0 Å². The van der Waals surface area contributed by atoms with Crippen LogP contribution in [0.1, 0.15) is 33.4 Å². The molecule has 0 spiro atoms. The van der Waals surface area contributed by atoms with Crippen LogP contribution in [0.2, 0.25) is 0 Å². The van der Waals surface area contributed by atoms with Crippen LogP contribution in [0, 0.1) is 18.6 Å². The Kier molecular flexibility index (Phi) is 4.33. The molecule has 1 N–H and O–H groups in total. The Labute approximate surface area is 169 Å². The van der Waals surface area contributed by atoms with Crippen molar-refractivity contribution in [2.75, 3.05) is 6.54 Å². The number of aryl methyl sites for hydroxylation is 1. The fraction of sp³-hybridized carbons (Fsp3) is 0.238. The van der Waals surface area contributed by atoms with Gasteiger partial charge >= 0.3 is 0 Å². The van der Waals surface area contributed by atoms with Crippen molar-refractivity contribution < 1.29 is 13.9 Å². The lowest BCUT2D eigenvalue weighted by atomic mass is 9.95. The molecule has 0 fully saturated rings. The van der Waals surface area contributed by atoms with Crippen molar-refractivity contribution in [3.8, 4) is 5.88 Å². The smallest absolute Gasteiger partial charge is 0.230 e. The zero-order valence-electron chi connectivity index (χ0n) is 15.6. The number of aromatic hydroxyl groups is 1. The Morgan fingerprint density at radius 1 is 1.10 bits per heavy atom. The first kappa shape index (κ1) is 18.2. The highest BCUT2D eigenvalue weighted by atomic mass is 32.1. The quantitative estimate of drug-likeness (QED) is 0.547. The highest BCUT2D eigenvalue weighted by Crippen LogP contribution is 2.41. The Balaban J connectivity index is 1.64. The number of halogens is 2. The summed E-state index contributed by atoms with van der Waals surface area (Å²) in [7, 11) is 0. The zero-order valence-corrected chi connectivity index (χ0v) is 16.5. The van der Waals surface area contributed by atoms with Crippen molar-refractivity contribution in [2.45, 2.75) is 25.9 Å². The van der Waals surface area contributed by atoms with E-state index in [9.17, 15) is 13.9 Å². The molecule has 1 atom stereocenters. The Bertz CT molecular complexity index is 1220. The van der Waals surface area contributed by atoms with Crippen LogP contribution in [0.15, 0.2) is 42.5 Å². The minimum Gasteiger partial charge on any atom is -0.492 e. The maximum absolute atomic E-state index is 14.1. The SMILES string of the molecule is Cc1nc2sc(C(c3ccc(F)c(F)c3)N3CCc4ccccc4C3)c(O)n2n1. The Morgan fingerprint density at radius 2 is 1.90 bits per heavy atom. The summed E-state index contributed by atoms with van der Waals surface area (Å²) in [5, 5.41) is 15.1. The minimum atomic E-state index is -0.903. The second-order valence-corrected chi connectivity index (χ2v) is 8.22. The molecular formula is C21H18F2N4OS. The Morgan fingerprint density at radius 3 is 2.66 bits per heavy atom. The van der Waals surface area contributed by atoms with Gasteiger partial charge in [-0.15, -0.1) is 5.10 Å². The molecule has 4 aromatic rings. The van der Waals surface area contributed by atoms with Crippen LogP contribution < -0.4 is 0 Å². The first-order chi connectivity index (χ1) is 14.0. The standard InChI is InChI=1S/C21H18F2N4OS/c1-12-24-21-27(25-12)20(28)19(29-21)18(14-6-7-16(22)17(23)10-14)26-9-8-13-4-2-3-5-15(13)11-26/h2-7,10,18,28H,8-9,11H2,1H3. The van der Waals surface area contributed by atoms with E-state index in [1.165, 1.54) is 33.0 Å². The molecule has 29 heavy (non-hydrogen) atoms. The molecule has 0 amide bonds. The largest absolute Gasteiger partial charge is 0.492 e. The molecule has 1 aliphatic rings. The van der Waals surface area contributed by atoms with Gasteiger partial charge in [0.2, 0.25) is 10.8 Å². The molecule has 5 nitrogen and oxygen atoms in total. The van der Waals surface area contributed by atoms with Gasteiger partial charge in [-0.25, -0.2) is 13.8 Å². The van der Waals surface area contributed by atoms with Gasteiger partial charge in [-0.2, -0.15) is 4.52 Å². The monoisotopic (exact) mass is 412 g/mol. The van der Waals surface area contributed by atoms with Crippen LogP contribution in [0.4, 0.5) is 8.78 Å². The van der Waals surface area contributed by atoms with Crippen LogP contribution in [0.5, 0.6) is 5.88 Å². The highest BCUT2D eigenvalue weighted by molar-refractivity contribution is 7.17. The maximum atomic E-state index is 14.1. The highest BCUT2D eigenvalue weighted by Gasteiger charge is 2.32. The van der Waals surface area contributed by atoms with E-state index in [0.717, 1.165) is 19.0 Å². The summed E-state index contributed by atoms with van der Waals surface area (Å²) in [5.41, 5.74) is 3.07. The molecule has 0 saturated carbocycles. The lowest BCUT2D eigenvalue weighted by Crippen LogP contribution is -2.34. The van der Waals surface area contributed by atoms with Gasteiger partial charge in [0.15, 0.2) is 11.6 Å². The summed E-state index contributed by atoms with van der Waals surface area (Å²) in [4.78, 5) is 7.70. The van der Waals surface area contributed by atoms with E-state index < -0.39 is 17.7 Å².